The number of carbonyl (C=O) groups is 1. The minimum absolute atomic E-state index is 0.0772. The van der Waals surface area contributed by atoms with Crippen LogP contribution in [0.4, 0.5) is 0 Å². The van der Waals surface area contributed by atoms with Crippen LogP contribution in [0.1, 0.15) is 48.6 Å². The first-order valence-electron chi connectivity index (χ1n) is 6.96. The fourth-order valence-electron chi connectivity index (χ4n) is 2.59. The number of hydrogen-bond donors (Lipinski definition) is 1. The first-order chi connectivity index (χ1) is 9.41. The number of carbonyl (C=O) groups excluding carboxylic acids is 1. The Morgan fingerprint density at radius 3 is 2.95 bits per heavy atom. The van der Waals surface area contributed by atoms with Crippen LogP contribution in [0.25, 0.3) is 0 Å². The van der Waals surface area contributed by atoms with Gasteiger partial charge in [0.15, 0.2) is 0 Å². The highest BCUT2D eigenvalue weighted by Crippen LogP contribution is 2.24. The summed E-state index contributed by atoms with van der Waals surface area (Å²) in [6, 6.07) is 2.16. The van der Waals surface area contributed by atoms with Crippen LogP contribution >= 0.6 is 0 Å². The molecule has 0 saturated carbocycles. The van der Waals surface area contributed by atoms with E-state index in [2.05, 4.69) is 19.2 Å². The van der Waals surface area contributed by atoms with Crippen LogP contribution in [0.5, 0.6) is 0 Å². The molecule has 5 heteroatoms. The molecule has 1 aromatic rings. The number of ether oxygens (including phenoxy) is 2. The van der Waals surface area contributed by atoms with Crippen molar-refractivity contribution in [3.8, 4) is 0 Å². The lowest BCUT2D eigenvalue weighted by Crippen LogP contribution is -2.43. The Labute approximate surface area is 119 Å². The van der Waals surface area contributed by atoms with Crippen LogP contribution in [-0.4, -0.2) is 31.3 Å². The summed E-state index contributed by atoms with van der Waals surface area (Å²) < 4.78 is 16.0. The second kappa shape index (κ2) is 5.97. The van der Waals surface area contributed by atoms with Gasteiger partial charge in [-0.05, 0) is 39.7 Å². The normalized spacial score (nSPS) is 21.7. The van der Waals surface area contributed by atoms with E-state index in [-0.39, 0.29) is 11.6 Å². The molecule has 0 aromatic carbocycles. The summed E-state index contributed by atoms with van der Waals surface area (Å²) in [5, 5.41) is 3.47. The highest BCUT2D eigenvalue weighted by atomic mass is 16.5. The van der Waals surface area contributed by atoms with Crippen molar-refractivity contribution in [1.82, 2.24) is 5.32 Å². The van der Waals surface area contributed by atoms with E-state index in [1.807, 2.05) is 0 Å². The van der Waals surface area contributed by atoms with E-state index < -0.39 is 0 Å². The summed E-state index contributed by atoms with van der Waals surface area (Å²) >= 11 is 0. The van der Waals surface area contributed by atoms with Crippen LogP contribution in [0.2, 0.25) is 0 Å². The molecule has 1 saturated heterocycles. The van der Waals surface area contributed by atoms with Crippen molar-refractivity contribution in [3.05, 3.63) is 23.2 Å². The number of rotatable bonds is 4. The predicted octanol–water partition coefficient (Wildman–Crippen LogP) is 2.42. The Balaban J connectivity index is 1.93. The molecule has 0 bridgehead atoms. The Hall–Kier alpha value is -1.33. The average molecular weight is 281 g/mol. The summed E-state index contributed by atoms with van der Waals surface area (Å²) in [5.41, 5.74) is 0.420. The molecule has 1 fully saturated rings. The molecule has 1 aliphatic heterocycles. The second-order valence-electron chi connectivity index (χ2n) is 5.85. The number of aryl methyl sites for hydroxylation is 1. The summed E-state index contributed by atoms with van der Waals surface area (Å²) in [4.78, 5) is 11.5. The van der Waals surface area contributed by atoms with Crippen molar-refractivity contribution >= 4 is 5.97 Å². The summed E-state index contributed by atoms with van der Waals surface area (Å²) in [6.07, 6.45) is 1.96. The number of methoxy groups -OCH3 is 1. The van der Waals surface area contributed by atoms with Gasteiger partial charge in [-0.1, -0.05) is 0 Å². The van der Waals surface area contributed by atoms with Gasteiger partial charge in [-0.3, -0.25) is 0 Å². The van der Waals surface area contributed by atoms with E-state index >= 15 is 0 Å². The molecule has 0 spiro atoms. The molecule has 112 valence electrons. The zero-order valence-corrected chi connectivity index (χ0v) is 12.6. The number of hydrogen-bond acceptors (Lipinski definition) is 5. The van der Waals surface area contributed by atoms with Crippen molar-refractivity contribution in [1.29, 1.82) is 0 Å². The average Bonchev–Trinajstić information content (AvgIpc) is 2.76. The molecule has 20 heavy (non-hydrogen) atoms. The maximum Gasteiger partial charge on any atom is 0.341 e. The van der Waals surface area contributed by atoms with Gasteiger partial charge >= 0.3 is 5.97 Å². The van der Waals surface area contributed by atoms with Crippen molar-refractivity contribution < 1.29 is 18.7 Å². The molecule has 0 radical (unpaired) electrons. The van der Waals surface area contributed by atoms with E-state index in [1.165, 1.54) is 7.11 Å². The third-order valence-electron chi connectivity index (χ3n) is 3.64. The van der Waals surface area contributed by atoms with E-state index in [9.17, 15) is 4.79 Å². The smallest absolute Gasteiger partial charge is 0.341 e. The van der Waals surface area contributed by atoms with Crippen molar-refractivity contribution in [2.24, 2.45) is 0 Å². The second-order valence-corrected chi connectivity index (χ2v) is 5.85. The number of esters is 1. The van der Waals surface area contributed by atoms with Gasteiger partial charge in [0.05, 0.1) is 19.3 Å². The van der Waals surface area contributed by atoms with Gasteiger partial charge in [0.2, 0.25) is 0 Å². The topological polar surface area (TPSA) is 60.7 Å². The van der Waals surface area contributed by atoms with Gasteiger partial charge in [-0.2, -0.15) is 0 Å². The molecule has 1 N–H and O–H groups in total. The van der Waals surface area contributed by atoms with Crippen LogP contribution in [-0.2, 0) is 16.0 Å². The number of furan rings is 1. The molecular formula is C15H23NO4. The van der Waals surface area contributed by atoms with Crippen LogP contribution < -0.4 is 5.32 Å². The molecular weight excluding hydrogens is 258 g/mol. The van der Waals surface area contributed by atoms with E-state index in [1.54, 1.807) is 13.0 Å². The third kappa shape index (κ3) is 3.61. The molecule has 0 aliphatic carbocycles. The lowest BCUT2D eigenvalue weighted by molar-refractivity contribution is -0.0632. The van der Waals surface area contributed by atoms with Gasteiger partial charge in [0.1, 0.15) is 17.1 Å². The first kappa shape index (κ1) is 15.1. The Bertz CT molecular complexity index is 478. The standard InChI is InChI=1S/C15H23NO4/c1-10-13(14(17)18-4)7-12(20-10)9-16-11-5-6-19-15(2,3)8-11/h7,11,16H,5-6,8-9H2,1-4H3. The Morgan fingerprint density at radius 2 is 2.30 bits per heavy atom. The molecule has 1 atom stereocenters. The van der Waals surface area contributed by atoms with Gasteiger partial charge in [0.25, 0.3) is 0 Å². The van der Waals surface area contributed by atoms with Gasteiger partial charge < -0.3 is 19.2 Å². The summed E-state index contributed by atoms with van der Waals surface area (Å²) in [5.74, 6) is 0.998. The van der Waals surface area contributed by atoms with Crippen LogP contribution in [0.15, 0.2) is 10.5 Å². The van der Waals surface area contributed by atoms with Crippen molar-refractivity contribution in [2.75, 3.05) is 13.7 Å². The highest BCUT2D eigenvalue weighted by molar-refractivity contribution is 5.90. The lowest BCUT2D eigenvalue weighted by Gasteiger charge is -2.35. The molecule has 1 unspecified atom stereocenters. The van der Waals surface area contributed by atoms with E-state index in [0.717, 1.165) is 25.2 Å². The van der Waals surface area contributed by atoms with Crippen LogP contribution in [0.3, 0.4) is 0 Å². The van der Waals surface area contributed by atoms with Crippen molar-refractivity contribution in [2.45, 2.75) is 51.8 Å². The molecule has 5 nitrogen and oxygen atoms in total. The van der Waals surface area contributed by atoms with Gasteiger partial charge in [-0.15, -0.1) is 0 Å². The first-order valence-corrected chi connectivity index (χ1v) is 6.96. The quantitative estimate of drug-likeness (QED) is 0.859. The molecule has 2 heterocycles. The van der Waals surface area contributed by atoms with Gasteiger partial charge in [0, 0.05) is 12.6 Å². The van der Waals surface area contributed by atoms with Crippen LogP contribution in [0, 0.1) is 6.92 Å². The minimum atomic E-state index is -0.357. The summed E-state index contributed by atoms with van der Waals surface area (Å²) in [6.45, 7) is 7.36. The summed E-state index contributed by atoms with van der Waals surface area (Å²) in [7, 11) is 1.37. The monoisotopic (exact) mass is 281 g/mol. The van der Waals surface area contributed by atoms with Gasteiger partial charge in [-0.25, -0.2) is 4.79 Å². The fraction of sp³-hybridized carbons (Fsp3) is 0.667. The SMILES string of the molecule is COC(=O)c1cc(CNC2CCOC(C)(C)C2)oc1C. The minimum Gasteiger partial charge on any atom is -0.465 e. The molecule has 0 amide bonds. The fourth-order valence-corrected chi connectivity index (χ4v) is 2.59. The molecule has 1 aliphatic rings. The Morgan fingerprint density at radius 1 is 1.55 bits per heavy atom. The predicted molar refractivity (Wildman–Crippen MR) is 74.7 cm³/mol. The lowest BCUT2D eigenvalue weighted by atomic mass is 9.94. The maximum absolute atomic E-state index is 11.5. The number of nitrogens with one attached hydrogen (secondary N) is 1. The third-order valence-corrected chi connectivity index (χ3v) is 3.64. The maximum atomic E-state index is 11.5. The highest BCUT2D eigenvalue weighted by Gasteiger charge is 2.28. The Kier molecular flexibility index (Phi) is 4.50. The molecule has 1 aromatic heterocycles. The van der Waals surface area contributed by atoms with E-state index in [0.29, 0.717) is 23.9 Å². The zero-order chi connectivity index (χ0) is 14.8. The largest absolute Gasteiger partial charge is 0.465 e. The van der Waals surface area contributed by atoms with Crippen molar-refractivity contribution in [3.63, 3.8) is 0 Å². The molecule has 2 rings (SSSR count). The van der Waals surface area contributed by atoms with E-state index in [4.69, 9.17) is 13.9 Å². The zero-order valence-electron chi connectivity index (χ0n) is 12.6.